The van der Waals surface area contributed by atoms with Gasteiger partial charge in [0.2, 0.25) is 11.6 Å². The first kappa shape index (κ1) is 11.2. The molecule has 0 aliphatic heterocycles. The molecule has 1 N–H and O–H groups in total. The molecule has 0 bridgehead atoms. The zero-order chi connectivity index (χ0) is 13.2. The molecule has 0 saturated heterocycles. The van der Waals surface area contributed by atoms with Gasteiger partial charge in [-0.3, -0.25) is 0 Å². The molecule has 0 atom stereocenters. The van der Waals surface area contributed by atoms with E-state index in [1.165, 1.54) is 17.1 Å². The fourth-order valence-electron chi connectivity index (χ4n) is 1.53. The lowest BCUT2D eigenvalue weighted by molar-refractivity contribution is 0.0660. The lowest BCUT2D eigenvalue weighted by Crippen LogP contribution is -2.03. The smallest absolute Gasteiger partial charge is 0.371 e. The number of rotatable bonds is 4. The van der Waals surface area contributed by atoms with Crippen LogP contribution in [0.2, 0.25) is 0 Å². The number of hydrogen-bond acceptors (Lipinski definition) is 6. The van der Waals surface area contributed by atoms with E-state index >= 15 is 0 Å². The standard InChI is InChI=1S/C11H8N4O4/c16-11(17)9-4-3-7(19-9)6-15-13-10(12-14-15)8-2-1-5-18-8/h1-5H,6H2,(H,16,17). The molecule has 8 heteroatoms. The van der Waals surface area contributed by atoms with Crippen LogP contribution in [0, 0.1) is 0 Å². The number of nitrogens with zero attached hydrogens (tertiary/aromatic N) is 4. The Morgan fingerprint density at radius 2 is 2.26 bits per heavy atom. The zero-order valence-corrected chi connectivity index (χ0v) is 9.55. The van der Waals surface area contributed by atoms with Gasteiger partial charge in [-0.1, -0.05) is 0 Å². The van der Waals surface area contributed by atoms with E-state index < -0.39 is 5.97 Å². The van der Waals surface area contributed by atoms with Gasteiger partial charge in [-0.05, 0) is 29.5 Å². The van der Waals surface area contributed by atoms with Crippen LogP contribution < -0.4 is 0 Å². The summed E-state index contributed by atoms with van der Waals surface area (Å²) in [6.07, 6.45) is 1.52. The van der Waals surface area contributed by atoms with Crippen LogP contribution in [-0.4, -0.2) is 31.3 Å². The molecule has 0 fully saturated rings. The molecule has 0 spiro atoms. The molecule has 0 aliphatic rings. The van der Waals surface area contributed by atoms with Gasteiger partial charge < -0.3 is 13.9 Å². The molecule has 3 rings (SSSR count). The Balaban J connectivity index is 1.78. The maximum Gasteiger partial charge on any atom is 0.371 e. The highest BCUT2D eigenvalue weighted by Gasteiger charge is 2.12. The van der Waals surface area contributed by atoms with Crippen LogP contribution in [0.4, 0.5) is 0 Å². The third-order valence-electron chi connectivity index (χ3n) is 2.36. The zero-order valence-electron chi connectivity index (χ0n) is 9.55. The second-order valence-corrected chi connectivity index (χ2v) is 3.69. The van der Waals surface area contributed by atoms with Crippen molar-refractivity contribution in [1.29, 1.82) is 0 Å². The molecule has 0 radical (unpaired) electrons. The number of carboxylic acids is 1. The van der Waals surface area contributed by atoms with Crippen LogP contribution in [0.1, 0.15) is 16.3 Å². The molecular weight excluding hydrogens is 252 g/mol. The average Bonchev–Trinajstić information content (AvgIpc) is 3.09. The Morgan fingerprint density at radius 1 is 1.37 bits per heavy atom. The summed E-state index contributed by atoms with van der Waals surface area (Å²) in [6.45, 7) is 0.195. The van der Waals surface area contributed by atoms with Crippen molar-refractivity contribution in [3.63, 3.8) is 0 Å². The third-order valence-corrected chi connectivity index (χ3v) is 2.36. The second-order valence-electron chi connectivity index (χ2n) is 3.69. The Morgan fingerprint density at radius 3 is 2.95 bits per heavy atom. The van der Waals surface area contributed by atoms with Crippen molar-refractivity contribution in [2.45, 2.75) is 6.54 Å². The van der Waals surface area contributed by atoms with Gasteiger partial charge in [0, 0.05) is 0 Å². The molecule has 0 unspecified atom stereocenters. The minimum atomic E-state index is -1.12. The summed E-state index contributed by atoms with van der Waals surface area (Å²) >= 11 is 0. The first-order chi connectivity index (χ1) is 9.22. The van der Waals surface area contributed by atoms with E-state index in [1.807, 2.05) is 0 Å². The minimum absolute atomic E-state index is 0.124. The molecule has 3 aromatic rings. The predicted molar refractivity (Wildman–Crippen MR) is 60.3 cm³/mol. The van der Waals surface area contributed by atoms with Crippen molar-refractivity contribution >= 4 is 5.97 Å². The highest BCUT2D eigenvalue weighted by atomic mass is 16.4. The summed E-state index contributed by atoms with van der Waals surface area (Å²) in [7, 11) is 0. The lowest BCUT2D eigenvalue weighted by atomic mass is 10.4. The third kappa shape index (κ3) is 2.23. The molecule has 0 saturated carbocycles. The lowest BCUT2D eigenvalue weighted by Gasteiger charge is -1.93. The van der Waals surface area contributed by atoms with E-state index in [4.69, 9.17) is 13.9 Å². The summed E-state index contributed by atoms with van der Waals surface area (Å²) < 4.78 is 10.2. The SMILES string of the molecule is O=C(O)c1ccc(Cn2nnc(-c3ccco3)n2)o1. The van der Waals surface area contributed by atoms with Gasteiger partial charge in [0.15, 0.2) is 5.76 Å². The predicted octanol–water partition coefficient (Wildman–Crippen LogP) is 1.27. The fourth-order valence-corrected chi connectivity index (χ4v) is 1.53. The van der Waals surface area contributed by atoms with E-state index in [1.54, 1.807) is 18.2 Å². The van der Waals surface area contributed by atoms with Gasteiger partial charge in [-0.2, -0.15) is 4.80 Å². The van der Waals surface area contributed by atoms with Gasteiger partial charge >= 0.3 is 5.97 Å². The molecule has 3 heterocycles. The highest BCUT2D eigenvalue weighted by molar-refractivity contribution is 5.84. The van der Waals surface area contributed by atoms with Crippen LogP contribution in [-0.2, 0) is 6.54 Å². The van der Waals surface area contributed by atoms with Gasteiger partial charge in [-0.25, -0.2) is 4.79 Å². The summed E-state index contributed by atoms with van der Waals surface area (Å²) in [5, 5.41) is 20.5. The second kappa shape index (κ2) is 4.41. The van der Waals surface area contributed by atoms with Crippen molar-refractivity contribution in [2.75, 3.05) is 0 Å². The van der Waals surface area contributed by atoms with Gasteiger partial charge in [0.25, 0.3) is 0 Å². The van der Waals surface area contributed by atoms with E-state index in [-0.39, 0.29) is 12.3 Å². The topological polar surface area (TPSA) is 107 Å². The van der Waals surface area contributed by atoms with Crippen molar-refractivity contribution < 1.29 is 18.7 Å². The van der Waals surface area contributed by atoms with Gasteiger partial charge in [0.1, 0.15) is 12.3 Å². The summed E-state index contributed by atoms with van der Waals surface area (Å²) in [4.78, 5) is 12.0. The molecule has 0 aliphatic carbocycles. The Labute approximate surface area is 106 Å². The minimum Gasteiger partial charge on any atom is -0.475 e. The number of aromatic nitrogens is 4. The fraction of sp³-hybridized carbons (Fsp3) is 0.0909. The van der Waals surface area contributed by atoms with Crippen molar-refractivity contribution in [3.8, 4) is 11.6 Å². The number of furan rings is 2. The van der Waals surface area contributed by atoms with E-state index in [9.17, 15) is 4.79 Å². The Kier molecular flexibility index (Phi) is 2.60. The van der Waals surface area contributed by atoms with E-state index in [2.05, 4.69) is 15.4 Å². The summed E-state index contributed by atoms with van der Waals surface area (Å²) in [6, 6.07) is 6.37. The van der Waals surface area contributed by atoms with Crippen LogP contribution in [0.15, 0.2) is 39.4 Å². The number of tetrazole rings is 1. The number of aromatic carboxylic acids is 1. The quantitative estimate of drug-likeness (QED) is 0.752. The first-order valence-electron chi connectivity index (χ1n) is 5.36. The van der Waals surface area contributed by atoms with E-state index in [0.717, 1.165) is 0 Å². The molecular formula is C11H8N4O4. The van der Waals surface area contributed by atoms with E-state index in [0.29, 0.717) is 17.3 Å². The van der Waals surface area contributed by atoms with Crippen molar-refractivity contribution in [2.24, 2.45) is 0 Å². The summed E-state index contributed by atoms with van der Waals surface area (Å²) in [5.74, 6) is 0.0585. The Bertz CT molecular complexity index is 698. The van der Waals surface area contributed by atoms with Crippen LogP contribution in [0.3, 0.4) is 0 Å². The summed E-state index contributed by atoms with van der Waals surface area (Å²) in [5.41, 5.74) is 0. The monoisotopic (exact) mass is 260 g/mol. The molecule has 8 nitrogen and oxygen atoms in total. The Hall–Kier alpha value is -2.90. The molecule has 3 aromatic heterocycles. The van der Waals surface area contributed by atoms with Gasteiger partial charge in [0.05, 0.1) is 6.26 Å². The average molecular weight is 260 g/mol. The van der Waals surface area contributed by atoms with Crippen LogP contribution in [0.25, 0.3) is 11.6 Å². The first-order valence-corrected chi connectivity index (χ1v) is 5.36. The highest BCUT2D eigenvalue weighted by Crippen LogP contribution is 2.14. The van der Waals surface area contributed by atoms with Crippen LogP contribution in [0.5, 0.6) is 0 Å². The largest absolute Gasteiger partial charge is 0.475 e. The number of carboxylic acid groups (broad SMARTS) is 1. The molecule has 0 amide bonds. The number of hydrogen-bond donors (Lipinski definition) is 1. The maximum atomic E-state index is 10.7. The van der Waals surface area contributed by atoms with Crippen LogP contribution >= 0.6 is 0 Å². The normalized spacial score (nSPS) is 10.7. The molecule has 96 valence electrons. The van der Waals surface area contributed by atoms with Gasteiger partial charge in [-0.15, -0.1) is 10.2 Å². The molecule has 0 aromatic carbocycles. The van der Waals surface area contributed by atoms with Crippen molar-refractivity contribution in [3.05, 3.63) is 42.0 Å². The number of carbonyl (C=O) groups is 1. The maximum absolute atomic E-state index is 10.7. The van der Waals surface area contributed by atoms with Crippen molar-refractivity contribution in [1.82, 2.24) is 20.2 Å². The molecule has 19 heavy (non-hydrogen) atoms.